The fraction of sp³-hybridized carbons (Fsp3) is 0.400. The number of aromatic nitrogens is 2. The number of hydrogen-bond donors (Lipinski definition) is 2. The summed E-state index contributed by atoms with van der Waals surface area (Å²) in [6.07, 6.45) is 3.41. The van der Waals surface area contributed by atoms with Crippen molar-refractivity contribution in [2.24, 2.45) is 5.73 Å². The van der Waals surface area contributed by atoms with E-state index in [2.05, 4.69) is 16.4 Å². The second kappa shape index (κ2) is 13.7. The largest absolute Gasteiger partial charge is 0.416 e. The minimum atomic E-state index is -4.49. The topological polar surface area (TPSA) is 100.0 Å². The van der Waals surface area contributed by atoms with Crippen molar-refractivity contribution in [3.63, 3.8) is 0 Å². The van der Waals surface area contributed by atoms with Crippen LogP contribution in [-0.4, -0.2) is 44.0 Å². The van der Waals surface area contributed by atoms with Crippen molar-refractivity contribution in [2.75, 3.05) is 6.54 Å². The van der Waals surface area contributed by atoms with Crippen molar-refractivity contribution >= 4 is 23.1 Å². The summed E-state index contributed by atoms with van der Waals surface area (Å²) < 4.78 is 43.2. The molecule has 0 saturated heterocycles. The Kier molecular flexibility index (Phi) is 10.1. The van der Waals surface area contributed by atoms with E-state index >= 15 is 0 Å². The zero-order valence-corrected chi connectivity index (χ0v) is 23.4. The minimum absolute atomic E-state index is 0.0110. The second-order valence-corrected chi connectivity index (χ2v) is 10.7. The Labute approximate surface area is 243 Å². The number of amides is 1. The molecule has 0 radical (unpaired) electrons. The number of hydrogen-bond acceptors (Lipinski definition) is 5. The fourth-order valence-corrected chi connectivity index (χ4v) is 5.62. The number of nitriles is 1. The Balaban J connectivity index is 1.48. The molecule has 0 spiro atoms. The summed E-state index contributed by atoms with van der Waals surface area (Å²) in [6, 6.07) is 14.0. The van der Waals surface area contributed by atoms with Gasteiger partial charge >= 0.3 is 6.18 Å². The van der Waals surface area contributed by atoms with Crippen LogP contribution >= 0.6 is 12.2 Å². The van der Waals surface area contributed by atoms with Gasteiger partial charge in [0.15, 0.2) is 0 Å². The third-order valence-electron chi connectivity index (χ3n) is 7.41. The molecule has 0 aliphatic heterocycles. The van der Waals surface area contributed by atoms with Crippen LogP contribution in [0.1, 0.15) is 60.1 Å². The van der Waals surface area contributed by atoms with Crippen molar-refractivity contribution in [3.8, 4) is 6.07 Å². The van der Waals surface area contributed by atoms with Gasteiger partial charge in [0.1, 0.15) is 4.99 Å². The van der Waals surface area contributed by atoms with E-state index in [-0.39, 0.29) is 37.0 Å². The maximum absolute atomic E-state index is 13.8. The van der Waals surface area contributed by atoms with Crippen LogP contribution in [-0.2, 0) is 30.5 Å². The molecule has 1 aliphatic carbocycles. The van der Waals surface area contributed by atoms with E-state index in [0.717, 1.165) is 43.7 Å². The Morgan fingerprint density at radius 2 is 1.88 bits per heavy atom. The number of nitrogens with two attached hydrogens (primary N) is 1. The third-order valence-corrected chi connectivity index (χ3v) is 7.93. The standard InChI is InChI=1S/C30H33F3N6OS/c31-30(32,33)26-9-5-4-6-23(26)19-39(24-7-2-1-3-8-24)29(41)27(16-35)37-28(40)14-25-17-36-20-38(25)18-22-12-10-21(15-34)11-13-22/h4-6,9-13,17,20,24,27H,1-3,7-8,14,16,18-19,35H2,(H,37,40). The number of nitrogens with zero attached hydrogens (tertiary/aromatic N) is 4. The van der Waals surface area contributed by atoms with Gasteiger partial charge in [0.2, 0.25) is 5.91 Å². The Morgan fingerprint density at radius 1 is 1.17 bits per heavy atom. The predicted molar refractivity (Wildman–Crippen MR) is 154 cm³/mol. The van der Waals surface area contributed by atoms with Gasteiger partial charge in [0, 0.05) is 37.6 Å². The second-order valence-electron chi connectivity index (χ2n) is 10.3. The molecule has 1 aliphatic rings. The summed E-state index contributed by atoms with van der Waals surface area (Å²) >= 11 is 5.82. The molecule has 1 heterocycles. The summed E-state index contributed by atoms with van der Waals surface area (Å²) in [6.45, 7) is 0.475. The van der Waals surface area contributed by atoms with Crippen LogP contribution in [0.15, 0.2) is 61.1 Å². The molecule has 1 fully saturated rings. The zero-order chi connectivity index (χ0) is 29.4. The quantitative estimate of drug-likeness (QED) is 0.328. The number of alkyl halides is 3. The maximum atomic E-state index is 13.8. The van der Waals surface area contributed by atoms with Crippen LogP contribution in [0.25, 0.3) is 0 Å². The molecule has 3 aromatic rings. The van der Waals surface area contributed by atoms with Gasteiger partial charge in [0.05, 0.1) is 36.0 Å². The highest BCUT2D eigenvalue weighted by Gasteiger charge is 2.35. The Hall–Kier alpha value is -3.75. The molecule has 3 N–H and O–H groups in total. The first-order chi connectivity index (χ1) is 19.7. The van der Waals surface area contributed by atoms with Crippen molar-refractivity contribution in [3.05, 3.63) is 89.0 Å². The van der Waals surface area contributed by atoms with E-state index < -0.39 is 17.8 Å². The number of nitrogens with one attached hydrogen (secondary N) is 1. The number of imidazole rings is 1. The molecule has 1 unspecified atom stereocenters. The van der Waals surface area contributed by atoms with Gasteiger partial charge in [-0.3, -0.25) is 4.79 Å². The molecule has 2 aromatic carbocycles. The molecule has 4 rings (SSSR count). The number of thiocarbonyl (C=S) groups is 1. The van der Waals surface area contributed by atoms with Gasteiger partial charge in [-0.05, 0) is 42.2 Å². The molecule has 0 bridgehead atoms. The average Bonchev–Trinajstić information content (AvgIpc) is 3.40. The molecule has 1 saturated carbocycles. The lowest BCUT2D eigenvalue weighted by atomic mass is 9.93. The molecule has 1 amide bonds. The molecule has 216 valence electrons. The number of carbonyl (C=O) groups is 1. The molecular weight excluding hydrogens is 549 g/mol. The summed E-state index contributed by atoms with van der Waals surface area (Å²) in [5.74, 6) is -0.316. The third kappa shape index (κ3) is 7.93. The molecular formula is C30H33F3N6OS. The van der Waals surface area contributed by atoms with Crippen LogP contribution in [0.5, 0.6) is 0 Å². The van der Waals surface area contributed by atoms with Gasteiger partial charge in [0.25, 0.3) is 0 Å². The highest BCUT2D eigenvalue weighted by Crippen LogP contribution is 2.34. The van der Waals surface area contributed by atoms with Gasteiger partial charge in [-0.15, -0.1) is 0 Å². The Bertz CT molecular complexity index is 1380. The van der Waals surface area contributed by atoms with Gasteiger partial charge < -0.3 is 20.5 Å². The molecule has 1 atom stereocenters. The van der Waals surface area contributed by atoms with E-state index in [0.29, 0.717) is 22.8 Å². The minimum Gasteiger partial charge on any atom is -0.357 e. The maximum Gasteiger partial charge on any atom is 0.416 e. The van der Waals surface area contributed by atoms with Gasteiger partial charge in [-0.1, -0.05) is 61.8 Å². The normalized spacial score (nSPS) is 14.7. The van der Waals surface area contributed by atoms with Crippen LogP contribution in [0.3, 0.4) is 0 Å². The number of rotatable bonds is 10. The summed E-state index contributed by atoms with van der Waals surface area (Å²) in [5, 5.41) is 11.9. The van der Waals surface area contributed by atoms with E-state index in [1.54, 1.807) is 30.7 Å². The lowest BCUT2D eigenvalue weighted by molar-refractivity contribution is -0.138. The average molecular weight is 583 g/mol. The van der Waals surface area contributed by atoms with Gasteiger partial charge in [-0.25, -0.2) is 4.98 Å². The van der Waals surface area contributed by atoms with Crippen molar-refractivity contribution < 1.29 is 18.0 Å². The van der Waals surface area contributed by atoms with Crippen molar-refractivity contribution in [1.29, 1.82) is 5.26 Å². The molecule has 11 heteroatoms. The summed E-state index contributed by atoms with van der Waals surface area (Å²) in [7, 11) is 0. The highest BCUT2D eigenvalue weighted by atomic mass is 32.1. The summed E-state index contributed by atoms with van der Waals surface area (Å²) in [4.78, 5) is 19.5. The number of benzene rings is 2. The number of carbonyl (C=O) groups excluding carboxylic acids is 1. The zero-order valence-electron chi connectivity index (χ0n) is 22.6. The number of halogens is 3. The monoisotopic (exact) mass is 582 g/mol. The van der Waals surface area contributed by atoms with E-state index in [1.807, 2.05) is 21.6 Å². The molecule has 1 aromatic heterocycles. The smallest absolute Gasteiger partial charge is 0.357 e. The van der Waals surface area contributed by atoms with Crippen LogP contribution < -0.4 is 11.1 Å². The lowest BCUT2D eigenvalue weighted by Crippen LogP contribution is -2.54. The highest BCUT2D eigenvalue weighted by molar-refractivity contribution is 7.80. The predicted octanol–water partition coefficient (Wildman–Crippen LogP) is 4.97. The van der Waals surface area contributed by atoms with Crippen LogP contribution in [0.2, 0.25) is 0 Å². The first kappa shape index (κ1) is 30.2. The summed E-state index contributed by atoms with van der Waals surface area (Å²) in [5.41, 5.74) is 7.71. The fourth-order valence-electron chi connectivity index (χ4n) is 5.25. The molecule has 41 heavy (non-hydrogen) atoms. The van der Waals surface area contributed by atoms with E-state index in [4.69, 9.17) is 23.2 Å². The SMILES string of the molecule is N#Cc1ccc(Cn2cncc2CC(=O)NC(CN)C(=S)N(Cc2ccccc2C(F)(F)F)C2CCCCC2)cc1. The van der Waals surface area contributed by atoms with Crippen LogP contribution in [0, 0.1) is 11.3 Å². The first-order valence-corrected chi connectivity index (χ1v) is 14.0. The van der Waals surface area contributed by atoms with E-state index in [1.165, 1.54) is 12.1 Å². The van der Waals surface area contributed by atoms with Gasteiger partial charge in [-0.2, -0.15) is 18.4 Å². The lowest BCUT2D eigenvalue weighted by Gasteiger charge is -2.39. The first-order valence-electron chi connectivity index (χ1n) is 13.6. The molecule has 7 nitrogen and oxygen atoms in total. The van der Waals surface area contributed by atoms with Crippen molar-refractivity contribution in [1.82, 2.24) is 19.8 Å². The van der Waals surface area contributed by atoms with Crippen molar-refractivity contribution in [2.45, 2.75) is 69.9 Å². The Morgan fingerprint density at radius 3 is 2.54 bits per heavy atom. The van der Waals surface area contributed by atoms with Crippen LogP contribution in [0.4, 0.5) is 13.2 Å². The van der Waals surface area contributed by atoms with E-state index in [9.17, 15) is 18.0 Å².